The Bertz CT molecular complexity index is 1020. The Kier molecular flexibility index (Phi) is 4.91. The summed E-state index contributed by atoms with van der Waals surface area (Å²) >= 11 is 6.48. The molecule has 3 aromatic rings. The topological polar surface area (TPSA) is 100 Å². The first-order valence-electron chi connectivity index (χ1n) is 9.84. The van der Waals surface area contributed by atoms with E-state index in [-0.39, 0.29) is 19.3 Å². The van der Waals surface area contributed by atoms with Crippen LogP contribution < -0.4 is 4.74 Å². The van der Waals surface area contributed by atoms with E-state index in [0.717, 1.165) is 5.56 Å². The van der Waals surface area contributed by atoms with Crippen molar-refractivity contribution in [2.24, 2.45) is 0 Å². The number of hydrogen-bond donors (Lipinski definition) is 3. The first kappa shape index (κ1) is 18.8. The van der Waals surface area contributed by atoms with Gasteiger partial charge in [-0.25, -0.2) is 4.98 Å². The average molecular weight is 416 g/mol. The third kappa shape index (κ3) is 3.83. The highest BCUT2D eigenvalue weighted by Crippen LogP contribution is 2.40. The molecule has 7 nitrogen and oxygen atoms in total. The van der Waals surface area contributed by atoms with Gasteiger partial charge in [0.25, 0.3) is 6.01 Å². The van der Waals surface area contributed by atoms with Crippen LogP contribution in [0, 0.1) is 0 Å². The zero-order chi connectivity index (χ0) is 20.0. The molecule has 3 heterocycles. The predicted octanol–water partition coefficient (Wildman–Crippen LogP) is 3.05. The van der Waals surface area contributed by atoms with Crippen LogP contribution >= 0.6 is 11.6 Å². The SMILES string of the molecule is OC[C@H]1OC[C@H](Oc2nc3nc(-c4ccc(C5CC5)cc4)c(Cl)cc3[nH]2)C[C@@H]1O. The molecule has 3 atom stereocenters. The molecule has 2 fully saturated rings. The molecular weight excluding hydrogens is 394 g/mol. The Balaban J connectivity index is 1.36. The van der Waals surface area contributed by atoms with Gasteiger partial charge in [0.15, 0.2) is 5.65 Å². The Morgan fingerprint density at radius 3 is 2.69 bits per heavy atom. The van der Waals surface area contributed by atoms with Gasteiger partial charge in [-0.15, -0.1) is 0 Å². The van der Waals surface area contributed by atoms with E-state index in [1.165, 1.54) is 18.4 Å². The van der Waals surface area contributed by atoms with Gasteiger partial charge in [-0.05, 0) is 30.4 Å². The zero-order valence-electron chi connectivity index (χ0n) is 15.7. The maximum Gasteiger partial charge on any atom is 0.296 e. The number of aromatic amines is 1. The lowest BCUT2D eigenvalue weighted by Gasteiger charge is -2.31. The van der Waals surface area contributed by atoms with Gasteiger partial charge >= 0.3 is 0 Å². The lowest BCUT2D eigenvalue weighted by molar-refractivity contribution is -0.131. The largest absolute Gasteiger partial charge is 0.459 e. The van der Waals surface area contributed by atoms with Crippen LogP contribution in [0.2, 0.25) is 5.02 Å². The van der Waals surface area contributed by atoms with Crippen LogP contribution in [0.4, 0.5) is 0 Å². The molecule has 5 rings (SSSR count). The molecule has 2 aromatic heterocycles. The molecule has 3 N–H and O–H groups in total. The van der Waals surface area contributed by atoms with E-state index in [0.29, 0.717) is 40.2 Å². The second-order valence-corrected chi connectivity index (χ2v) is 8.13. The number of hydrogen-bond acceptors (Lipinski definition) is 6. The monoisotopic (exact) mass is 415 g/mol. The van der Waals surface area contributed by atoms with Crippen molar-refractivity contribution in [1.29, 1.82) is 0 Å². The second-order valence-electron chi connectivity index (χ2n) is 7.73. The maximum atomic E-state index is 9.99. The van der Waals surface area contributed by atoms with E-state index in [2.05, 4.69) is 39.2 Å². The van der Waals surface area contributed by atoms with Crippen LogP contribution in [0.15, 0.2) is 30.3 Å². The molecule has 152 valence electrons. The minimum atomic E-state index is -0.777. The number of imidazole rings is 1. The fourth-order valence-corrected chi connectivity index (χ4v) is 3.99. The Labute approximate surface area is 172 Å². The summed E-state index contributed by atoms with van der Waals surface area (Å²) in [7, 11) is 0. The van der Waals surface area contributed by atoms with Crippen molar-refractivity contribution in [1.82, 2.24) is 15.0 Å². The molecular formula is C21H22ClN3O4. The highest BCUT2D eigenvalue weighted by molar-refractivity contribution is 6.33. The van der Waals surface area contributed by atoms with Crippen molar-refractivity contribution in [3.8, 4) is 17.3 Å². The highest BCUT2D eigenvalue weighted by atomic mass is 35.5. The summed E-state index contributed by atoms with van der Waals surface area (Å²) in [4.78, 5) is 12.1. The third-order valence-corrected chi connectivity index (χ3v) is 5.81. The van der Waals surface area contributed by atoms with E-state index in [1.807, 2.05) is 0 Å². The molecule has 0 bridgehead atoms. The zero-order valence-corrected chi connectivity index (χ0v) is 16.5. The summed E-state index contributed by atoms with van der Waals surface area (Å²) in [5, 5.41) is 19.7. The number of aliphatic hydroxyl groups is 2. The van der Waals surface area contributed by atoms with E-state index in [4.69, 9.17) is 26.2 Å². The number of nitrogens with one attached hydrogen (secondary N) is 1. The smallest absolute Gasteiger partial charge is 0.296 e. The summed E-state index contributed by atoms with van der Waals surface area (Å²) in [6.45, 7) is 0.0530. The van der Waals surface area contributed by atoms with Gasteiger partial charge in [0.05, 0.1) is 35.6 Å². The van der Waals surface area contributed by atoms with Crippen LogP contribution in [0.5, 0.6) is 6.01 Å². The number of rotatable bonds is 5. The molecule has 1 aromatic carbocycles. The summed E-state index contributed by atoms with van der Waals surface area (Å²) < 4.78 is 11.2. The first-order valence-corrected chi connectivity index (χ1v) is 10.2. The minimum Gasteiger partial charge on any atom is -0.459 e. The van der Waals surface area contributed by atoms with Gasteiger partial charge in [-0.3, -0.25) is 0 Å². The molecule has 8 heteroatoms. The summed E-state index contributed by atoms with van der Waals surface area (Å²) in [5.74, 6) is 0.705. The number of ether oxygens (including phenoxy) is 2. The van der Waals surface area contributed by atoms with Crippen molar-refractivity contribution >= 4 is 22.8 Å². The van der Waals surface area contributed by atoms with E-state index in [1.54, 1.807) is 6.07 Å². The molecule has 29 heavy (non-hydrogen) atoms. The maximum absolute atomic E-state index is 9.99. The van der Waals surface area contributed by atoms with Crippen LogP contribution in [0.1, 0.15) is 30.7 Å². The fraction of sp³-hybridized carbons (Fsp3) is 0.429. The number of benzene rings is 1. The van der Waals surface area contributed by atoms with Crippen molar-refractivity contribution in [3.63, 3.8) is 0 Å². The van der Waals surface area contributed by atoms with Gasteiger partial charge in [-0.2, -0.15) is 4.98 Å². The molecule has 0 spiro atoms. The van der Waals surface area contributed by atoms with Crippen LogP contribution in [-0.4, -0.2) is 56.7 Å². The minimum absolute atomic E-state index is 0.217. The Morgan fingerprint density at radius 1 is 1.21 bits per heavy atom. The molecule has 0 amide bonds. The number of aromatic nitrogens is 3. The summed E-state index contributed by atoms with van der Waals surface area (Å²) in [6.07, 6.45) is 1.18. The molecule has 1 saturated heterocycles. The number of nitrogens with zero attached hydrogens (tertiary/aromatic N) is 2. The van der Waals surface area contributed by atoms with Crippen molar-refractivity contribution in [2.45, 2.75) is 43.5 Å². The molecule has 0 radical (unpaired) electrons. The summed E-state index contributed by atoms with van der Waals surface area (Å²) in [5.41, 5.74) is 4.18. The van der Waals surface area contributed by atoms with Crippen LogP contribution in [-0.2, 0) is 4.74 Å². The first-order chi connectivity index (χ1) is 14.1. The van der Waals surface area contributed by atoms with Crippen LogP contribution in [0.25, 0.3) is 22.4 Å². The van der Waals surface area contributed by atoms with E-state index < -0.39 is 12.2 Å². The molecule has 1 saturated carbocycles. The Hall–Kier alpha value is -2.19. The van der Waals surface area contributed by atoms with Gasteiger partial charge in [-0.1, -0.05) is 35.9 Å². The van der Waals surface area contributed by atoms with Crippen molar-refractivity contribution < 1.29 is 19.7 Å². The third-order valence-electron chi connectivity index (χ3n) is 5.53. The lowest BCUT2D eigenvalue weighted by Crippen LogP contribution is -2.45. The van der Waals surface area contributed by atoms with Crippen molar-refractivity contribution in [3.05, 3.63) is 40.9 Å². The number of H-pyrrole nitrogens is 1. The molecule has 2 aliphatic rings. The molecule has 0 unspecified atom stereocenters. The molecule has 1 aliphatic carbocycles. The number of halogens is 1. The lowest BCUT2D eigenvalue weighted by atomic mass is 10.0. The normalized spacial score (nSPS) is 24.7. The number of pyridine rings is 1. The fourth-order valence-electron chi connectivity index (χ4n) is 3.73. The summed E-state index contributed by atoms with van der Waals surface area (Å²) in [6, 6.07) is 10.5. The number of aliphatic hydroxyl groups excluding tert-OH is 2. The van der Waals surface area contributed by atoms with Gasteiger partial charge in [0.1, 0.15) is 12.2 Å². The molecule has 1 aliphatic heterocycles. The van der Waals surface area contributed by atoms with Crippen molar-refractivity contribution in [2.75, 3.05) is 13.2 Å². The van der Waals surface area contributed by atoms with Gasteiger partial charge in [0, 0.05) is 12.0 Å². The quantitative estimate of drug-likeness (QED) is 0.592. The highest BCUT2D eigenvalue weighted by Gasteiger charge is 2.31. The predicted molar refractivity (Wildman–Crippen MR) is 108 cm³/mol. The van der Waals surface area contributed by atoms with Gasteiger partial charge < -0.3 is 24.7 Å². The Morgan fingerprint density at radius 2 is 2.00 bits per heavy atom. The second kappa shape index (κ2) is 7.57. The van der Waals surface area contributed by atoms with E-state index >= 15 is 0 Å². The average Bonchev–Trinajstić information content (AvgIpc) is 3.49. The number of fused-ring (bicyclic) bond motifs is 1. The van der Waals surface area contributed by atoms with Gasteiger partial charge in [0.2, 0.25) is 0 Å². The van der Waals surface area contributed by atoms with E-state index in [9.17, 15) is 5.11 Å². The van der Waals surface area contributed by atoms with Crippen LogP contribution in [0.3, 0.4) is 0 Å². The standard InChI is InChI=1S/C21H22ClN3O4/c22-15-8-16-20(24-19(15)13-5-3-12(4-6-13)11-1-2-11)25-21(23-16)29-14-7-17(27)18(9-26)28-10-14/h3-6,8,11,14,17-18,26-27H,1-2,7,9-10H2,(H,23,24,25)/t14-,17+,18-/m1/s1.